The molecule has 0 spiro atoms. The molecule has 0 fully saturated rings. The number of carbonyl (C=O) groups is 1. The molecule has 1 aromatic rings. The molecular formula is C15H23NO2. The van der Waals surface area contributed by atoms with Gasteiger partial charge in [0.1, 0.15) is 5.60 Å². The molecule has 0 aliphatic rings. The lowest BCUT2D eigenvalue weighted by atomic mass is 10.0. The van der Waals surface area contributed by atoms with E-state index in [1.54, 1.807) is 0 Å². The van der Waals surface area contributed by atoms with E-state index in [2.05, 4.69) is 4.90 Å². The molecule has 0 aliphatic carbocycles. The summed E-state index contributed by atoms with van der Waals surface area (Å²) in [7, 11) is 4.06. The van der Waals surface area contributed by atoms with E-state index in [0.29, 0.717) is 5.56 Å². The summed E-state index contributed by atoms with van der Waals surface area (Å²) < 4.78 is 5.35. The number of benzene rings is 1. The Bertz CT molecular complexity index is 431. The highest BCUT2D eigenvalue weighted by molar-refractivity contribution is 5.90. The van der Waals surface area contributed by atoms with Gasteiger partial charge >= 0.3 is 5.97 Å². The van der Waals surface area contributed by atoms with Crippen molar-refractivity contribution in [3.8, 4) is 0 Å². The van der Waals surface area contributed by atoms with E-state index in [9.17, 15) is 4.79 Å². The molecule has 0 amide bonds. The van der Waals surface area contributed by atoms with Crippen molar-refractivity contribution in [3.63, 3.8) is 0 Å². The van der Waals surface area contributed by atoms with Crippen LogP contribution in [0.5, 0.6) is 0 Å². The second-order valence-electron chi connectivity index (χ2n) is 5.88. The van der Waals surface area contributed by atoms with Crippen LogP contribution in [0, 0.1) is 6.92 Å². The molecule has 18 heavy (non-hydrogen) atoms. The van der Waals surface area contributed by atoms with E-state index in [4.69, 9.17) is 4.74 Å². The van der Waals surface area contributed by atoms with Crippen molar-refractivity contribution in [1.29, 1.82) is 0 Å². The van der Waals surface area contributed by atoms with Crippen LogP contribution in [0.25, 0.3) is 0 Å². The van der Waals surface area contributed by atoms with Crippen LogP contribution in [0.4, 0.5) is 0 Å². The Morgan fingerprint density at radius 1 is 1.28 bits per heavy atom. The number of esters is 1. The van der Waals surface area contributed by atoms with E-state index >= 15 is 0 Å². The van der Waals surface area contributed by atoms with Crippen LogP contribution < -0.4 is 0 Å². The highest BCUT2D eigenvalue weighted by Crippen LogP contribution is 2.16. The van der Waals surface area contributed by atoms with Crippen LogP contribution >= 0.6 is 0 Å². The standard InChI is InChI=1S/C15H23NO2/c1-11-9-12(14(17)18-15(2,3)4)7-8-13(11)10-16(5)6/h7-9H,10H2,1-6H3. The monoisotopic (exact) mass is 249 g/mol. The smallest absolute Gasteiger partial charge is 0.338 e. The van der Waals surface area contributed by atoms with E-state index < -0.39 is 5.60 Å². The largest absolute Gasteiger partial charge is 0.456 e. The van der Waals surface area contributed by atoms with Crippen LogP contribution in [0.15, 0.2) is 18.2 Å². The molecule has 0 unspecified atom stereocenters. The molecule has 0 atom stereocenters. The second-order valence-corrected chi connectivity index (χ2v) is 5.88. The third-order valence-corrected chi connectivity index (χ3v) is 2.46. The average molecular weight is 249 g/mol. The van der Waals surface area contributed by atoms with Crippen molar-refractivity contribution < 1.29 is 9.53 Å². The van der Waals surface area contributed by atoms with E-state index in [-0.39, 0.29) is 5.97 Å². The summed E-state index contributed by atoms with van der Waals surface area (Å²) in [4.78, 5) is 14.0. The van der Waals surface area contributed by atoms with Gasteiger partial charge in [-0.2, -0.15) is 0 Å². The molecule has 0 saturated carbocycles. The third kappa shape index (κ3) is 4.49. The number of nitrogens with zero attached hydrogens (tertiary/aromatic N) is 1. The molecule has 1 aromatic carbocycles. The minimum Gasteiger partial charge on any atom is -0.456 e. The Labute approximate surface area is 110 Å². The molecule has 0 radical (unpaired) electrons. The average Bonchev–Trinajstić information content (AvgIpc) is 2.17. The summed E-state index contributed by atoms with van der Waals surface area (Å²) in [6.45, 7) is 8.52. The summed E-state index contributed by atoms with van der Waals surface area (Å²) in [6.07, 6.45) is 0. The molecule has 0 N–H and O–H groups in total. The Hall–Kier alpha value is -1.35. The van der Waals surface area contributed by atoms with Gasteiger partial charge in [0.25, 0.3) is 0 Å². The number of carbonyl (C=O) groups excluding carboxylic acids is 1. The van der Waals surface area contributed by atoms with Gasteiger partial charge in [0.05, 0.1) is 5.56 Å². The number of ether oxygens (including phenoxy) is 1. The van der Waals surface area contributed by atoms with Crippen LogP contribution in [-0.2, 0) is 11.3 Å². The zero-order chi connectivity index (χ0) is 13.9. The number of hydrogen-bond donors (Lipinski definition) is 0. The summed E-state index contributed by atoms with van der Waals surface area (Å²) in [6, 6.07) is 5.72. The molecular weight excluding hydrogens is 226 g/mol. The first-order valence-electron chi connectivity index (χ1n) is 6.16. The topological polar surface area (TPSA) is 29.5 Å². The highest BCUT2D eigenvalue weighted by atomic mass is 16.6. The van der Waals surface area contributed by atoms with Crippen LogP contribution in [0.2, 0.25) is 0 Å². The van der Waals surface area contributed by atoms with Crippen molar-refractivity contribution in [2.45, 2.75) is 39.8 Å². The van der Waals surface area contributed by atoms with Crippen molar-refractivity contribution in [2.24, 2.45) is 0 Å². The minimum atomic E-state index is -0.451. The van der Waals surface area contributed by atoms with Crippen LogP contribution in [0.1, 0.15) is 42.3 Å². The highest BCUT2D eigenvalue weighted by Gasteiger charge is 2.18. The van der Waals surface area contributed by atoms with Crippen molar-refractivity contribution >= 4 is 5.97 Å². The normalized spacial score (nSPS) is 11.7. The molecule has 3 nitrogen and oxygen atoms in total. The first-order chi connectivity index (χ1) is 8.19. The van der Waals surface area contributed by atoms with Gasteiger partial charge in [-0.25, -0.2) is 4.79 Å². The fraction of sp³-hybridized carbons (Fsp3) is 0.533. The summed E-state index contributed by atoms with van der Waals surface area (Å²) in [5, 5.41) is 0. The molecule has 0 bridgehead atoms. The molecule has 0 heterocycles. The van der Waals surface area contributed by atoms with Gasteiger partial charge in [-0.1, -0.05) is 6.07 Å². The second kappa shape index (κ2) is 5.53. The van der Waals surface area contributed by atoms with E-state index in [1.807, 2.05) is 60.0 Å². The maximum absolute atomic E-state index is 11.9. The van der Waals surface area contributed by atoms with Gasteiger partial charge in [-0.15, -0.1) is 0 Å². The van der Waals surface area contributed by atoms with E-state index in [1.165, 1.54) is 5.56 Å². The van der Waals surface area contributed by atoms with Crippen molar-refractivity contribution in [2.75, 3.05) is 14.1 Å². The lowest BCUT2D eigenvalue weighted by Gasteiger charge is -2.20. The lowest BCUT2D eigenvalue weighted by Crippen LogP contribution is -2.24. The zero-order valence-electron chi connectivity index (χ0n) is 12.2. The van der Waals surface area contributed by atoms with Crippen LogP contribution in [0.3, 0.4) is 0 Å². The maximum atomic E-state index is 11.9. The Balaban J connectivity index is 2.87. The summed E-state index contributed by atoms with van der Waals surface area (Å²) in [5.74, 6) is -0.262. The Morgan fingerprint density at radius 3 is 2.33 bits per heavy atom. The van der Waals surface area contributed by atoms with Gasteiger partial charge in [-0.05, 0) is 65.0 Å². The Kier molecular flexibility index (Phi) is 4.52. The molecule has 1 rings (SSSR count). The predicted molar refractivity (Wildman–Crippen MR) is 73.7 cm³/mol. The quantitative estimate of drug-likeness (QED) is 0.771. The van der Waals surface area contributed by atoms with Gasteiger partial charge in [0, 0.05) is 6.54 Å². The number of hydrogen-bond acceptors (Lipinski definition) is 3. The Morgan fingerprint density at radius 2 is 1.89 bits per heavy atom. The number of rotatable bonds is 3. The first kappa shape index (κ1) is 14.7. The molecule has 0 aromatic heterocycles. The summed E-state index contributed by atoms with van der Waals surface area (Å²) >= 11 is 0. The maximum Gasteiger partial charge on any atom is 0.338 e. The van der Waals surface area contributed by atoms with Gasteiger partial charge < -0.3 is 9.64 Å². The van der Waals surface area contributed by atoms with Gasteiger partial charge in [-0.3, -0.25) is 0 Å². The molecule has 100 valence electrons. The van der Waals surface area contributed by atoms with Crippen molar-refractivity contribution in [1.82, 2.24) is 4.90 Å². The summed E-state index contributed by atoms with van der Waals surface area (Å²) in [5.41, 5.74) is 2.51. The first-order valence-corrected chi connectivity index (χ1v) is 6.16. The minimum absolute atomic E-state index is 0.262. The molecule has 0 aliphatic heterocycles. The fourth-order valence-corrected chi connectivity index (χ4v) is 1.68. The predicted octanol–water partition coefficient (Wildman–Crippen LogP) is 3.01. The van der Waals surface area contributed by atoms with E-state index in [0.717, 1.165) is 12.1 Å². The fourth-order valence-electron chi connectivity index (χ4n) is 1.68. The SMILES string of the molecule is Cc1cc(C(=O)OC(C)(C)C)ccc1CN(C)C. The van der Waals surface area contributed by atoms with Gasteiger partial charge in [0.15, 0.2) is 0 Å². The third-order valence-electron chi connectivity index (χ3n) is 2.46. The van der Waals surface area contributed by atoms with Crippen LogP contribution in [-0.4, -0.2) is 30.6 Å². The zero-order valence-corrected chi connectivity index (χ0v) is 12.2. The molecule has 0 saturated heterocycles. The van der Waals surface area contributed by atoms with Crippen molar-refractivity contribution in [3.05, 3.63) is 34.9 Å². The molecule has 3 heteroatoms. The van der Waals surface area contributed by atoms with Gasteiger partial charge in [0.2, 0.25) is 0 Å². The lowest BCUT2D eigenvalue weighted by molar-refractivity contribution is 0.00694. The number of aryl methyl sites for hydroxylation is 1.